The van der Waals surface area contributed by atoms with E-state index in [-0.39, 0.29) is 0 Å². The van der Waals surface area contributed by atoms with Crippen molar-refractivity contribution in [3.05, 3.63) is 83.7 Å². The van der Waals surface area contributed by atoms with E-state index in [0.29, 0.717) is 12.0 Å². The Kier molecular flexibility index (Phi) is 3.54. The molecule has 24 heavy (non-hydrogen) atoms. The van der Waals surface area contributed by atoms with Crippen molar-refractivity contribution in [1.29, 1.82) is 0 Å². The van der Waals surface area contributed by atoms with E-state index in [1.165, 1.54) is 12.1 Å². The average molecular weight is 321 g/mol. The van der Waals surface area contributed by atoms with E-state index in [9.17, 15) is 8.78 Å². The van der Waals surface area contributed by atoms with E-state index in [4.69, 9.17) is 0 Å². The van der Waals surface area contributed by atoms with E-state index in [1.807, 2.05) is 30.3 Å². The number of H-pyrrole nitrogens is 1. The number of hydrogen-bond acceptors (Lipinski definition) is 2. The van der Waals surface area contributed by atoms with Gasteiger partial charge in [-0.05, 0) is 53.9 Å². The lowest BCUT2D eigenvalue weighted by molar-refractivity contribution is 0.580. The van der Waals surface area contributed by atoms with Crippen LogP contribution in [-0.2, 0) is 6.42 Å². The maximum absolute atomic E-state index is 13.4. The monoisotopic (exact) mass is 321 g/mol. The maximum atomic E-state index is 13.4. The minimum Gasteiger partial charge on any atom is -0.277 e. The number of fused-ring (bicyclic) bond motifs is 1. The summed E-state index contributed by atoms with van der Waals surface area (Å²) in [5.74, 6) is -1.13. The van der Waals surface area contributed by atoms with Gasteiger partial charge >= 0.3 is 0 Å². The highest BCUT2D eigenvalue weighted by Crippen LogP contribution is 2.27. The molecule has 0 aliphatic rings. The van der Waals surface area contributed by atoms with E-state index in [1.54, 1.807) is 12.4 Å². The Morgan fingerprint density at radius 2 is 1.58 bits per heavy atom. The van der Waals surface area contributed by atoms with Crippen molar-refractivity contribution in [2.45, 2.75) is 6.42 Å². The highest BCUT2D eigenvalue weighted by atomic mass is 19.1. The van der Waals surface area contributed by atoms with Crippen LogP contribution in [0.2, 0.25) is 0 Å². The zero-order valence-electron chi connectivity index (χ0n) is 12.6. The minimum absolute atomic E-state index is 0.450. The number of nitrogens with one attached hydrogen (secondary N) is 1. The van der Waals surface area contributed by atoms with Crippen LogP contribution in [-0.4, -0.2) is 15.2 Å². The molecule has 3 nitrogen and oxygen atoms in total. The Hall–Kier alpha value is -3.08. The van der Waals surface area contributed by atoms with Gasteiger partial charge in [0.25, 0.3) is 0 Å². The van der Waals surface area contributed by atoms with Crippen LogP contribution in [0, 0.1) is 11.6 Å². The van der Waals surface area contributed by atoms with Crippen molar-refractivity contribution in [2.24, 2.45) is 0 Å². The van der Waals surface area contributed by atoms with Gasteiger partial charge in [-0.2, -0.15) is 5.10 Å². The molecule has 1 N–H and O–H groups in total. The summed E-state index contributed by atoms with van der Waals surface area (Å²) in [5, 5.41) is 8.34. The summed E-state index contributed by atoms with van der Waals surface area (Å²) >= 11 is 0. The third-order valence-electron chi connectivity index (χ3n) is 3.91. The molecule has 118 valence electrons. The molecule has 4 rings (SSSR count). The average Bonchev–Trinajstić information content (AvgIpc) is 2.98. The third-order valence-corrected chi connectivity index (χ3v) is 3.91. The Labute approximate surface area is 137 Å². The van der Waals surface area contributed by atoms with Gasteiger partial charge in [0.1, 0.15) is 17.3 Å². The van der Waals surface area contributed by atoms with Crippen LogP contribution in [0.25, 0.3) is 22.2 Å². The summed E-state index contributed by atoms with van der Waals surface area (Å²) < 4.78 is 26.7. The fraction of sp³-hybridized carbons (Fsp3) is 0.0526. The van der Waals surface area contributed by atoms with Crippen molar-refractivity contribution >= 4 is 10.9 Å². The van der Waals surface area contributed by atoms with Crippen molar-refractivity contribution in [1.82, 2.24) is 15.2 Å². The molecule has 0 atom stereocenters. The zero-order valence-corrected chi connectivity index (χ0v) is 12.6. The van der Waals surface area contributed by atoms with Gasteiger partial charge in [-0.15, -0.1) is 0 Å². The molecule has 4 aromatic rings. The topological polar surface area (TPSA) is 41.6 Å². The van der Waals surface area contributed by atoms with E-state index in [2.05, 4.69) is 15.2 Å². The van der Waals surface area contributed by atoms with Gasteiger partial charge in [-0.1, -0.05) is 6.07 Å². The normalized spacial score (nSPS) is 11.1. The van der Waals surface area contributed by atoms with E-state index in [0.717, 1.165) is 33.8 Å². The Morgan fingerprint density at radius 1 is 0.833 bits per heavy atom. The maximum Gasteiger partial charge on any atom is 0.126 e. The Bertz CT molecular complexity index is 989. The van der Waals surface area contributed by atoms with Crippen molar-refractivity contribution in [3.8, 4) is 11.3 Å². The largest absolute Gasteiger partial charge is 0.277 e. The van der Waals surface area contributed by atoms with E-state index >= 15 is 0 Å². The van der Waals surface area contributed by atoms with Crippen LogP contribution >= 0.6 is 0 Å². The first-order chi connectivity index (χ1) is 11.7. The molecule has 0 spiro atoms. The van der Waals surface area contributed by atoms with E-state index < -0.39 is 11.6 Å². The summed E-state index contributed by atoms with van der Waals surface area (Å²) in [7, 11) is 0. The van der Waals surface area contributed by atoms with Gasteiger partial charge < -0.3 is 0 Å². The van der Waals surface area contributed by atoms with Gasteiger partial charge in [0.15, 0.2) is 0 Å². The number of halogens is 2. The second-order valence-electron chi connectivity index (χ2n) is 5.64. The highest BCUT2D eigenvalue weighted by Gasteiger charge is 2.09. The summed E-state index contributed by atoms with van der Waals surface area (Å²) in [4.78, 5) is 4.02. The van der Waals surface area contributed by atoms with Crippen molar-refractivity contribution in [2.75, 3.05) is 0 Å². The van der Waals surface area contributed by atoms with Crippen LogP contribution in [0.5, 0.6) is 0 Å². The zero-order chi connectivity index (χ0) is 16.5. The molecule has 0 aliphatic heterocycles. The number of aromatic amines is 1. The molecular formula is C19H13F2N3. The second-order valence-corrected chi connectivity index (χ2v) is 5.64. The summed E-state index contributed by atoms with van der Waals surface area (Å²) in [5.41, 5.74) is 4.27. The second kappa shape index (κ2) is 5.85. The number of rotatable bonds is 3. The quantitative estimate of drug-likeness (QED) is 0.604. The lowest BCUT2D eigenvalue weighted by Gasteiger charge is -2.04. The fourth-order valence-corrected chi connectivity index (χ4v) is 2.85. The molecule has 0 unspecified atom stereocenters. The molecule has 0 bridgehead atoms. The first-order valence-corrected chi connectivity index (χ1v) is 7.51. The van der Waals surface area contributed by atoms with Crippen LogP contribution in [0.4, 0.5) is 8.78 Å². The van der Waals surface area contributed by atoms with Gasteiger partial charge in [0, 0.05) is 29.4 Å². The van der Waals surface area contributed by atoms with Gasteiger partial charge in [0.2, 0.25) is 0 Å². The molecule has 2 heterocycles. The Balaban J connectivity index is 1.75. The van der Waals surface area contributed by atoms with Crippen LogP contribution in [0.3, 0.4) is 0 Å². The standard InChI is InChI=1S/C19H13F2N3/c20-15-8-13(9-16(21)11-15)7-12-1-2-18-17(10-12)19(24-23-18)14-3-5-22-6-4-14/h1-6,8-11H,7H2,(H,23,24). The predicted octanol–water partition coefficient (Wildman–Crippen LogP) is 4.49. The van der Waals surface area contributed by atoms with Gasteiger partial charge in [-0.25, -0.2) is 8.78 Å². The first kappa shape index (κ1) is 14.5. The molecule has 0 saturated heterocycles. The molecule has 0 fully saturated rings. The summed E-state index contributed by atoms with van der Waals surface area (Å²) in [6.07, 6.45) is 3.88. The SMILES string of the molecule is Fc1cc(F)cc(Cc2ccc3[nH]nc(-c4ccncc4)c3c2)c1. The smallest absolute Gasteiger partial charge is 0.126 e. The van der Waals surface area contributed by atoms with Crippen LogP contribution in [0.1, 0.15) is 11.1 Å². The highest BCUT2D eigenvalue weighted by molar-refractivity contribution is 5.93. The fourth-order valence-electron chi connectivity index (χ4n) is 2.85. The number of hydrogen-bond donors (Lipinski definition) is 1. The number of aromatic nitrogens is 3. The minimum atomic E-state index is -0.563. The molecule has 0 saturated carbocycles. The van der Waals surface area contributed by atoms with Crippen LogP contribution < -0.4 is 0 Å². The lowest BCUT2D eigenvalue weighted by atomic mass is 10.0. The Morgan fingerprint density at radius 3 is 2.33 bits per heavy atom. The molecule has 2 aromatic carbocycles. The summed E-state index contributed by atoms with van der Waals surface area (Å²) in [6, 6.07) is 13.2. The molecular weight excluding hydrogens is 308 g/mol. The predicted molar refractivity (Wildman–Crippen MR) is 88.5 cm³/mol. The van der Waals surface area contributed by atoms with Crippen molar-refractivity contribution in [3.63, 3.8) is 0 Å². The number of pyridine rings is 1. The number of benzene rings is 2. The molecule has 0 amide bonds. The molecule has 0 radical (unpaired) electrons. The molecule has 2 aromatic heterocycles. The summed E-state index contributed by atoms with van der Waals surface area (Å²) in [6.45, 7) is 0. The van der Waals surface area contributed by atoms with Gasteiger partial charge in [-0.3, -0.25) is 10.1 Å². The van der Waals surface area contributed by atoms with Gasteiger partial charge in [0.05, 0.1) is 5.52 Å². The first-order valence-electron chi connectivity index (χ1n) is 7.51. The number of nitrogens with zero attached hydrogens (tertiary/aromatic N) is 2. The van der Waals surface area contributed by atoms with Crippen LogP contribution in [0.15, 0.2) is 60.9 Å². The molecule has 0 aliphatic carbocycles. The lowest BCUT2D eigenvalue weighted by Crippen LogP contribution is -1.91. The van der Waals surface area contributed by atoms with Crippen molar-refractivity contribution < 1.29 is 8.78 Å². The third kappa shape index (κ3) is 2.76. The molecule has 5 heteroatoms.